The lowest BCUT2D eigenvalue weighted by Crippen LogP contribution is -2.43. The molecule has 5 heteroatoms. The van der Waals surface area contributed by atoms with Crippen LogP contribution in [0, 0.1) is 0 Å². The van der Waals surface area contributed by atoms with Gasteiger partial charge in [-0.1, -0.05) is 24.3 Å². The number of hydrogen-bond acceptors (Lipinski definition) is 3. The molecule has 0 aliphatic heterocycles. The maximum atomic E-state index is 12.4. The van der Waals surface area contributed by atoms with Gasteiger partial charge >= 0.3 is 5.97 Å². The minimum Gasteiger partial charge on any atom is -0.480 e. The van der Waals surface area contributed by atoms with E-state index in [1.54, 1.807) is 6.92 Å². The highest BCUT2D eigenvalue weighted by Crippen LogP contribution is 2.30. The Bertz CT molecular complexity index is 612. The highest BCUT2D eigenvalue weighted by atomic mass is 16.4. The van der Waals surface area contributed by atoms with Crippen LogP contribution in [0.4, 0.5) is 0 Å². The number of rotatable bonds is 7. The minimum atomic E-state index is -0.816. The topological polar surface area (TPSA) is 69.6 Å². The smallest absolute Gasteiger partial charge is 0.320 e. The van der Waals surface area contributed by atoms with Gasteiger partial charge in [0.2, 0.25) is 5.91 Å². The third-order valence-electron chi connectivity index (χ3n) is 5.17. The molecule has 0 spiro atoms. The van der Waals surface area contributed by atoms with E-state index in [1.165, 1.54) is 11.1 Å². The Morgan fingerprint density at radius 1 is 1.29 bits per heavy atom. The number of nitrogens with one attached hydrogen (secondary N) is 1. The summed E-state index contributed by atoms with van der Waals surface area (Å²) in [6.45, 7) is 2.22. The summed E-state index contributed by atoms with van der Waals surface area (Å²) in [4.78, 5) is 25.6. The second kappa shape index (κ2) is 7.34. The number of carbonyl (C=O) groups excluding carboxylic acids is 1. The third-order valence-corrected chi connectivity index (χ3v) is 5.17. The van der Waals surface area contributed by atoms with E-state index in [0.29, 0.717) is 19.0 Å². The molecule has 0 aromatic heterocycles. The number of nitrogens with zero attached hydrogens (tertiary/aromatic N) is 1. The van der Waals surface area contributed by atoms with E-state index in [0.717, 1.165) is 32.1 Å². The molecule has 1 amide bonds. The number of hydrogen-bond donors (Lipinski definition) is 2. The quantitative estimate of drug-likeness (QED) is 0.806. The SMILES string of the molecule is CC(C(=O)O)N(CCC(=O)NC1CCCc2ccccc21)C1CC1. The van der Waals surface area contributed by atoms with Crippen LogP contribution in [0.15, 0.2) is 24.3 Å². The summed E-state index contributed by atoms with van der Waals surface area (Å²) in [5.74, 6) is -0.802. The molecule has 1 aromatic rings. The highest BCUT2D eigenvalue weighted by molar-refractivity contribution is 5.77. The Balaban J connectivity index is 1.55. The van der Waals surface area contributed by atoms with Gasteiger partial charge in [0.15, 0.2) is 0 Å². The predicted molar refractivity (Wildman–Crippen MR) is 91.7 cm³/mol. The Morgan fingerprint density at radius 3 is 2.75 bits per heavy atom. The average molecular weight is 330 g/mol. The summed E-state index contributed by atoms with van der Waals surface area (Å²) in [5.41, 5.74) is 2.56. The summed E-state index contributed by atoms with van der Waals surface area (Å²) in [7, 11) is 0. The van der Waals surface area contributed by atoms with E-state index in [9.17, 15) is 14.7 Å². The van der Waals surface area contributed by atoms with E-state index in [-0.39, 0.29) is 11.9 Å². The van der Waals surface area contributed by atoms with E-state index in [2.05, 4.69) is 17.4 Å². The molecule has 2 atom stereocenters. The van der Waals surface area contributed by atoms with Gasteiger partial charge in [-0.25, -0.2) is 0 Å². The van der Waals surface area contributed by atoms with E-state index >= 15 is 0 Å². The first kappa shape index (κ1) is 17.0. The maximum absolute atomic E-state index is 12.4. The fourth-order valence-electron chi connectivity index (χ4n) is 3.64. The van der Waals surface area contributed by atoms with Gasteiger partial charge in [-0.15, -0.1) is 0 Å². The van der Waals surface area contributed by atoms with Gasteiger partial charge in [0.1, 0.15) is 6.04 Å². The standard InChI is InChI=1S/C19H26N2O3/c1-13(19(23)24)21(15-9-10-15)12-11-18(22)20-17-8-4-6-14-5-2-3-7-16(14)17/h2-3,5,7,13,15,17H,4,6,8-12H2,1H3,(H,20,22)(H,23,24). The number of carbonyl (C=O) groups is 2. The van der Waals surface area contributed by atoms with Crippen LogP contribution in [0.1, 0.15) is 56.2 Å². The van der Waals surface area contributed by atoms with Crippen molar-refractivity contribution in [2.45, 2.75) is 63.6 Å². The van der Waals surface area contributed by atoms with Crippen LogP contribution >= 0.6 is 0 Å². The van der Waals surface area contributed by atoms with Gasteiger partial charge in [0.05, 0.1) is 6.04 Å². The number of carboxylic acids is 1. The normalized spacial score (nSPS) is 21.2. The molecule has 24 heavy (non-hydrogen) atoms. The molecule has 1 saturated carbocycles. The Labute approximate surface area is 143 Å². The van der Waals surface area contributed by atoms with Gasteiger partial charge in [0, 0.05) is 19.0 Å². The van der Waals surface area contributed by atoms with Crippen molar-refractivity contribution in [1.82, 2.24) is 10.2 Å². The zero-order valence-corrected chi connectivity index (χ0v) is 14.2. The first-order valence-corrected chi connectivity index (χ1v) is 8.92. The molecule has 2 N–H and O–H groups in total. The molecule has 0 radical (unpaired) electrons. The van der Waals surface area contributed by atoms with Crippen LogP contribution < -0.4 is 5.32 Å². The van der Waals surface area contributed by atoms with E-state index in [4.69, 9.17) is 0 Å². The van der Waals surface area contributed by atoms with Crippen molar-refractivity contribution >= 4 is 11.9 Å². The lowest BCUT2D eigenvalue weighted by atomic mass is 9.87. The predicted octanol–water partition coefficient (Wildman–Crippen LogP) is 2.51. The number of carboxylic acid groups (broad SMARTS) is 1. The number of benzene rings is 1. The zero-order valence-electron chi connectivity index (χ0n) is 14.2. The maximum Gasteiger partial charge on any atom is 0.320 e. The molecule has 0 saturated heterocycles. The van der Waals surface area contributed by atoms with Crippen molar-refractivity contribution in [3.63, 3.8) is 0 Å². The fourth-order valence-corrected chi connectivity index (χ4v) is 3.64. The molecule has 1 fully saturated rings. The lowest BCUT2D eigenvalue weighted by Gasteiger charge is -2.28. The molecule has 0 heterocycles. The summed E-state index contributed by atoms with van der Waals surface area (Å²) in [6.07, 6.45) is 5.57. The van der Waals surface area contributed by atoms with Gasteiger partial charge < -0.3 is 10.4 Å². The number of amides is 1. The molecule has 1 aromatic carbocycles. The number of aryl methyl sites for hydroxylation is 1. The molecule has 0 bridgehead atoms. The van der Waals surface area contributed by atoms with E-state index < -0.39 is 12.0 Å². The summed E-state index contributed by atoms with van der Waals surface area (Å²) < 4.78 is 0. The lowest BCUT2D eigenvalue weighted by molar-refractivity contribution is -0.143. The molecule has 2 aliphatic carbocycles. The summed E-state index contributed by atoms with van der Waals surface area (Å²) >= 11 is 0. The van der Waals surface area contributed by atoms with E-state index in [1.807, 2.05) is 17.0 Å². The van der Waals surface area contributed by atoms with Crippen molar-refractivity contribution in [1.29, 1.82) is 0 Å². The van der Waals surface area contributed by atoms with Crippen LogP contribution in [0.5, 0.6) is 0 Å². The molecule has 2 unspecified atom stereocenters. The Morgan fingerprint density at radius 2 is 2.04 bits per heavy atom. The molecule has 130 valence electrons. The van der Waals surface area contributed by atoms with Crippen LogP contribution in [0.25, 0.3) is 0 Å². The second-order valence-corrected chi connectivity index (χ2v) is 6.94. The van der Waals surface area contributed by atoms with Gasteiger partial charge in [-0.3, -0.25) is 14.5 Å². The largest absolute Gasteiger partial charge is 0.480 e. The molecule has 2 aliphatic rings. The van der Waals surface area contributed by atoms with Crippen LogP contribution in [0.3, 0.4) is 0 Å². The first-order chi connectivity index (χ1) is 11.6. The van der Waals surface area contributed by atoms with Crippen molar-refractivity contribution in [3.05, 3.63) is 35.4 Å². The number of fused-ring (bicyclic) bond motifs is 1. The van der Waals surface area contributed by atoms with Crippen molar-refractivity contribution in [3.8, 4) is 0 Å². The highest BCUT2D eigenvalue weighted by Gasteiger charge is 2.35. The third kappa shape index (κ3) is 3.96. The molecular formula is C19H26N2O3. The fraction of sp³-hybridized carbons (Fsp3) is 0.579. The monoisotopic (exact) mass is 330 g/mol. The number of aliphatic carboxylic acids is 1. The second-order valence-electron chi connectivity index (χ2n) is 6.94. The first-order valence-electron chi connectivity index (χ1n) is 8.92. The summed E-state index contributed by atoms with van der Waals surface area (Å²) in [5, 5.41) is 12.4. The van der Waals surface area contributed by atoms with Crippen LogP contribution in [-0.2, 0) is 16.0 Å². The van der Waals surface area contributed by atoms with Crippen molar-refractivity contribution < 1.29 is 14.7 Å². The average Bonchev–Trinajstić information content (AvgIpc) is 3.40. The van der Waals surface area contributed by atoms with Gasteiger partial charge in [-0.05, 0) is 50.2 Å². The molecule has 3 rings (SSSR count). The zero-order chi connectivity index (χ0) is 17.1. The minimum absolute atomic E-state index is 0.0138. The Kier molecular flexibility index (Phi) is 5.19. The van der Waals surface area contributed by atoms with Crippen molar-refractivity contribution in [2.75, 3.05) is 6.54 Å². The van der Waals surface area contributed by atoms with Crippen LogP contribution in [-0.4, -0.2) is 40.5 Å². The van der Waals surface area contributed by atoms with Gasteiger partial charge in [0.25, 0.3) is 0 Å². The summed E-state index contributed by atoms with van der Waals surface area (Å²) in [6, 6.07) is 8.20. The van der Waals surface area contributed by atoms with Crippen LogP contribution in [0.2, 0.25) is 0 Å². The Hall–Kier alpha value is -1.88. The van der Waals surface area contributed by atoms with Gasteiger partial charge in [-0.2, -0.15) is 0 Å². The molecule has 5 nitrogen and oxygen atoms in total. The van der Waals surface area contributed by atoms with Crippen molar-refractivity contribution in [2.24, 2.45) is 0 Å². The molecular weight excluding hydrogens is 304 g/mol.